The molecule has 0 fully saturated rings. The predicted molar refractivity (Wildman–Crippen MR) is 184 cm³/mol. The van der Waals surface area contributed by atoms with Crippen LogP contribution >= 0.6 is 20.5 Å². The minimum absolute atomic E-state index is 0.541. The van der Waals surface area contributed by atoms with Crippen molar-refractivity contribution in [3.8, 4) is 0 Å². The van der Waals surface area contributed by atoms with Crippen LogP contribution in [0.4, 0.5) is 0 Å². The fourth-order valence-electron chi connectivity index (χ4n) is 7.94. The SMILES string of the molecule is CCC(C)P(CC)(CC)(CC)OB(OP(CC)(CC)(CC)C(C)CC)OP(CC)(CC)(CC)C(C)CC. The third-order valence-electron chi connectivity index (χ3n) is 13.1. The molecule has 0 spiro atoms. The summed E-state index contributed by atoms with van der Waals surface area (Å²) in [5.74, 6) is 0. The van der Waals surface area contributed by atoms with Gasteiger partial charge in [-0.1, -0.05) is 0 Å². The maximum atomic E-state index is 7.74. The fourth-order valence-corrected chi connectivity index (χ4v) is 24.2. The third kappa shape index (κ3) is 6.36. The van der Waals surface area contributed by atoms with Crippen LogP contribution in [0.3, 0.4) is 0 Å². The molecule has 0 heterocycles. The molecule has 7 heteroatoms. The van der Waals surface area contributed by atoms with Crippen molar-refractivity contribution >= 4 is 27.8 Å². The zero-order valence-electron chi connectivity index (χ0n) is 28.4. The van der Waals surface area contributed by atoms with Crippen molar-refractivity contribution in [1.29, 1.82) is 0 Å². The Labute approximate surface area is 236 Å². The average molecular weight is 585 g/mol. The Balaban J connectivity index is 7.50. The molecule has 0 aliphatic rings. The molecule has 0 rings (SSSR count). The van der Waals surface area contributed by atoms with Crippen molar-refractivity contribution in [2.24, 2.45) is 0 Å². The van der Waals surface area contributed by atoms with Crippen LogP contribution < -0.4 is 0 Å². The van der Waals surface area contributed by atoms with Gasteiger partial charge >= 0.3 is 237 Å². The summed E-state index contributed by atoms with van der Waals surface area (Å²) in [6, 6.07) is 0. The number of hydrogen-bond donors (Lipinski definition) is 0. The van der Waals surface area contributed by atoms with Gasteiger partial charge in [-0.05, 0) is 0 Å². The molecular weight excluding hydrogens is 512 g/mol. The zero-order chi connectivity index (χ0) is 29.3. The Morgan fingerprint density at radius 2 is 0.541 bits per heavy atom. The molecule has 0 aromatic rings. The van der Waals surface area contributed by atoms with E-state index >= 15 is 0 Å². The molecule has 0 aliphatic heterocycles. The van der Waals surface area contributed by atoms with E-state index in [2.05, 4.69) is 104 Å². The van der Waals surface area contributed by atoms with Gasteiger partial charge in [-0.15, -0.1) is 0 Å². The molecule has 0 N–H and O–H groups in total. The molecule has 0 radical (unpaired) electrons. The summed E-state index contributed by atoms with van der Waals surface area (Å²) in [6.45, 7) is 28.1. The molecule has 0 saturated heterocycles. The van der Waals surface area contributed by atoms with Gasteiger partial charge in [0, 0.05) is 0 Å². The molecule has 37 heavy (non-hydrogen) atoms. The van der Waals surface area contributed by atoms with Gasteiger partial charge in [-0.3, -0.25) is 0 Å². The van der Waals surface area contributed by atoms with Crippen LogP contribution in [-0.4, -0.2) is 79.8 Å². The summed E-state index contributed by atoms with van der Waals surface area (Å²) in [5.41, 5.74) is 1.62. The van der Waals surface area contributed by atoms with Gasteiger partial charge < -0.3 is 0 Å². The molecule has 3 nitrogen and oxygen atoms in total. The Morgan fingerprint density at radius 1 is 0.378 bits per heavy atom. The summed E-state index contributed by atoms with van der Waals surface area (Å²) in [5, 5.41) is 0. The van der Waals surface area contributed by atoms with Crippen LogP contribution in [0.5, 0.6) is 0 Å². The van der Waals surface area contributed by atoms with E-state index in [1.165, 1.54) is 0 Å². The van der Waals surface area contributed by atoms with Crippen LogP contribution in [-0.2, 0) is 13.3 Å². The summed E-state index contributed by atoms with van der Waals surface area (Å²) in [4.78, 5) is 0. The Morgan fingerprint density at radius 3 is 0.649 bits per heavy atom. The Bertz CT molecular complexity index is 554. The van der Waals surface area contributed by atoms with E-state index in [0.717, 1.165) is 74.7 Å². The molecular formula is C30H72BO3P3. The first-order chi connectivity index (χ1) is 17.2. The van der Waals surface area contributed by atoms with E-state index < -0.39 is 27.8 Å². The van der Waals surface area contributed by atoms with Gasteiger partial charge in [0.1, 0.15) is 0 Å². The monoisotopic (exact) mass is 584 g/mol. The fraction of sp³-hybridized carbons (Fsp3) is 1.00. The number of rotatable bonds is 21. The van der Waals surface area contributed by atoms with E-state index in [4.69, 9.17) is 13.3 Å². The minimum atomic E-state index is -2.58. The average Bonchev–Trinajstić information content (AvgIpc) is 2.96. The van der Waals surface area contributed by atoms with Gasteiger partial charge in [0.15, 0.2) is 0 Å². The first kappa shape index (κ1) is 38.2. The van der Waals surface area contributed by atoms with Crippen molar-refractivity contribution in [3.05, 3.63) is 0 Å². The zero-order valence-corrected chi connectivity index (χ0v) is 31.0. The standard InChI is InChI=1S/C30H72BO3P3/c1-16-28(13)35(19-4,20-5,21-6)32-31(33-36(22-7,23-8,24-9)29(14)17-2)34-37(25-10,26-11,27-12)30(15)18-3/h28-30H,16-27H2,1-15H3. The normalized spacial score (nSPS) is 19.1. The van der Waals surface area contributed by atoms with Gasteiger partial charge in [-0.2, -0.15) is 0 Å². The molecule has 0 aromatic heterocycles. The van der Waals surface area contributed by atoms with E-state index in [9.17, 15) is 0 Å². The first-order valence-electron chi connectivity index (χ1n) is 16.3. The summed E-state index contributed by atoms with van der Waals surface area (Å²) >= 11 is 0. The second-order valence-electron chi connectivity index (χ2n) is 12.4. The second kappa shape index (κ2) is 14.4. The van der Waals surface area contributed by atoms with E-state index in [0.29, 0.717) is 17.0 Å². The topological polar surface area (TPSA) is 27.7 Å². The molecule has 0 aromatic carbocycles. The van der Waals surface area contributed by atoms with Crippen LogP contribution in [0.1, 0.15) is 123 Å². The first-order valence-corrected chi connectivity index (χ1v) is 24.7. The van der Waals surface area contributed by atoms with E-state index in [1.807, 2.05) is 0 Å². The van der Waals surface area contributed by atoms with Gasteiger partial charge in [0.25, 0.3) is 0 Å². The summed E-state index contributed by atoms with van der Waals surface area (Å²) < 4.78 is 23.2. The summed E-state index contributed by atoms with van der Waals surface area (Å²) in [7, 11) is -0.551. The number of hydrogen-bond acceptors (Lipinski definition) is 3. The molecule has 0 bridgehead atoms. The van der Waals surface area contributed by atoms with Gasteiger partial charge in [-0.25, -0.2) is 0 Å². The van der Waals surface area contributed by atoms with Crippen LogP contribution in [0, 0.1) is 0 Å². The van der Waals surface area contributed by atoms with Crippen molar-refractivity contribution in [2.45, 2.75) is 140 Å². The second-order valence-corrected chi connectivity index (χ2v) is 31.6. The third-order valence-corrected chi connectivity index (χ3v) is 36.7. The van der Waals surface area contributed by atoms with Crippen LogP contribution in [0.2, 0.25) is 0 Å². The van der Waals surface area contributed by atoms with Crippen molar-refractivity contribution < 1.29 is 13.3 Å². The molecule has 228 valence electrons. The molecule has 0 amide bonds. The van der Waals surface area contributed by atoms with Crippen molar-refractivity contribution in [2.75, 3.05) is 55.5 Å². The quantitative estimate of drug-likeness (QED) is 0.0992. The maximum absolute atomic E-state index is 7.74. The van der Waals surface area contributed by atoms with Gasteiger partial charge in [0.2, 0.25) is 0 Å². The molecule has 3 unspecified atom stereocenters. The van der Waals surface area contributed by atoms with Crippen LogP contribution in [0.15, 0.2) is 0 Å². The molecule has 0 aliphatic carbocycles. The summed E-state index contributed by atoms with van der Waals surface area (Å²) in [6.07, 6.45) is 13.4. The Kier molecular flexibility index (Phi) is 14.9. The van der Waals surface area contributed by atoms with Crippen LogP contribution in [0.25, 0.3) is 0 Å². The predicted octanol–water partition coefficient (Wildman–Crippen LogP) is 11.0. The van der Waals surface area contributed by atoms with E-state index in [-0.39, 0.29) is 0 Å². The molecule has 3 atom stereocenters. The van der Waals surface area contributed by atoms with Crippen molar-refractivity contribution in [1.82, 2.24) is 0 Å². The van der Waals surface area contributed by atoms with Gasteiger partial charge in [0.05, 0.1) is 0 Å². The van der Waals surface area contributed by atoms with E-state index in [1.54, 1.807) is 0 Å². The molecule has 0 saturated carbocycles. The van der Waals surface area contributed by atoms with Crippen molar-refractivity contribution in [3.63, 3.8) is 0 Å². The Hall–Kier alpha value is 1.23.